The van der Waals surface area contributed by atoms with E-state index in [0.717, 1.165) is 31.6 Å². The number of carbonyl (C=O) groups is 1. The van der Waals surface area contributed by atoms with Gasteiger partial charge in [-0.15, -0.1) is 0 Å². The Morgan fingerprint density at radius 2 is 1.84 bits per heavy atom. The molecule has 1 aromatic carbocycles. The zero-order valence-corrected chi connectivity index (χ0v) is 16.0. The van der Waals surface area contributed by atoms with Gasteiger partial charge in [-0.3, -0.25) is 9.79 Å². The highest BCUT2D eigenvalue weighted by molar-refractivity contribution is 6.00. The number of likely N-dealkylation sites (tertiary alicyclic amines) is 1. The minimum atomic E-state index is 0.0165. The second-order valence-electron chi connectivity index (χ2n) is 6.89. The first-order valence-corrected chi connectivity index (χ1v) is 8.89. The third-order valence-corrected chi connectivity index (χ3v) is 4.63. The fraction of sp³-hybridized carbons (Fsp3) is 0.500. The van der Waals surface area contributed by atoms with Gasteiger partial charge in [0.2, 0.25) is 0 Å². The van der Waals surface area contributed by atoms with E-state index in [4.69, 9.17) is 0 Å². The summed E-state index contributed by atoms with van der Waals surface area (Å²) < 4.78 is 0. The average molecular weight is 342 g/mol. The molecule has 0 aliphatic carbocycles. The van der Waals surface area contributed by atoms with Crippen molar-refractivity contribution in [3.63, 3.8) is 0 Å². The number of carbonyl (C=O) groups excluding carboxylic acids is 1. The Morgan fingerprint density at radius 3 is 2.40 bits per heavy atom. The molecule has 1 aromatic rings. The molecule has 1 saturated heterocycles. The van der Waals surface area contributed by atoms with Crippen LogP contribution in [0.15, 0.2) is 41.0 Å². The summed E-state index contributed by atoms with van der Waals surface area (Å²) in [5.41, 5.74) is 4.11. The summed E-state index contributed by atoms with van der Waals surface area (Å²) in [6.07, 6.45) is 4.04. The van der Waals surface area contributed by atoms with Crippen LogP contribution in [-0.4, -0.2) is 61.7 Å². The van der Waals surface area contributed by atoms with Gasteiger partial charge in [0.05, 0.1) is 0 Å². The molecule has 5 nitrogen and oxygen atoms in total. The fourth-order valence-corrected chi connectivity index (χ4v) is 3.00. The van der Waals surface area contributed by atoms with Crippen molar-refractivity contribution in [3.05, 3.63) is 41.6 Å². The number of benzene rings is 1. The summed E-state index contributed by atoms with van der Waals surface area (Å²) in [5.74, 6) is 0.0165. The second kappa shape index (κ2) is 8.81. The van der Waals surface area contributed by atoms with Gasteiger partial charge in [0.1, 0.15) is 0 Å². The maximum absolute atomic E-state index is 11.9. The molecule has 0 saturated carbocycles. The Bertz CT molecular complexity index is 644. The molecule has 1 amide bonds. The maximum atomic E-state index is 11.9. The van der Waals surface area contributed by atoms with Crippen molar-refractivity contribution in [2.45, 2.75) is 32.7 Å². The molecule has 1 heterocycles. The summed E-state index contributed by atoms with van der Waals surface area (Å²) in [7, 11) is 5.39. The quantitative estimate of drug-likeness (QED) is 0.914. The zero-order valence-electron chi connectivity index (χ0n) is 16.0. The standard InChI is InChI=1S/C20H30N4O/c1-15(2)24-12-10-17(19(21-3)11-13-24)14-22-18-8-6-16(7-9-18)20(25)23(4)5/h6-9,14-15,22H,10-13H2,1-5H3/b17-14-,21-19?. The summed E-state index contributed by atoms with van der Waals surface area (Å²) >= 11 is 0. The summed E-state index contributed by atoms with van der Waals surface area (Å²) in [6, 6.07) is 8.14. The Balaban J connectivity index is 2.07. The predicted octanol–water partition coefficient (Wildman–Crippen LogP) is 3.26. The van der Waals surface area contributed by atoms with Crippen LogP contribution in [-0.2, 0) is 0 Å². The van der Waals surface area contributed by atoms with Crippen LogP contribution in [0.1, 0.15) is 37.0 Å². The summed E-state index contributed by atoms with van der Waals surface area (Å²) in [6.45, 7) is 6.60. The molecule has 0 atom stereocenters. The van der Waals surface area contributed by atoms with Crippen molar-refractivity contribution in [2.75, 3.05) is 39.5 Å². The molecule has 1 aliphatic rings. The van der Waals surface area contributed by atoms with Gasteiger partial charge in [0, 0.05) is 69.9 Å². The van der Waals surface area contributed by atoms with Crippen molar-refractivity contribution in [1.29, 1.82) is 0 Å². The lowest BCUT2D eigenvalue weighted by Crippen LogP contribution is -2.31. The molecule has 1 N–H and O–H groups in total. The van der Waals surface area contributed by atoms with Gasteiger partial charge < -0.3 is 15.1 Å². The molecule has 5 heteroatoms. The minimum absolute atomic E-state index is 0.0165. The van der Waals surface area contributed by atoms with E-state index in [1.54, 1.807) is 19.0 Å². The number of nitrogens with zero attached hydrogens (tertiary/aromatic N) is 3. The number of hydrogen-bond donors (Lipinski definition) is 1. The van der Waals surface area contributed by atoms with Crippen molar-refractivity contribution < 1.29 is 4.79 Å². The first-order valence-electron chi connectivity index (χ1n) is 8.89. The topological polar surface area (TPSA) is 47.9 Å². The molecular formula is C20H30N4O. The zero-order chi connectivity index (χ0) is 18.4. The van der Waals surface area contributed by atoms with Gasteiger partial charge in [-0.25, -0.2) is 0 Å². The van der Waals surface area contributed by atoms with E-state index in [-0.39, 0.29) is 5.91 Å². The number of nitrogens with one attached hydrogen (secondary N) is 1. The monoisotopic (exact) mass is 342 g/mol. The second-order valence-corrected chi connectivity index (χ2v) is 6.89. The molecule has 0 bridgehead atoms. The van der Waals surface area contributed by atoms with Crippen LogP contribution in [0.3, 0.4) is 0 Å². The van der Waals surface area contributed by atoms with Gasteiger partial charge in [0.25, 0.3) is 5.91 Å². The van der Waals surface area contributed by atoms with E-state index in [2.05, 4.69) is 35.3 Å². The lowest BCUT2D eigenvalue weighted by Gasteiger charge is -2.23. The van der Waals surface area contributed by atoms with Gasteiger partial charge in [-0.2, -0.15) is 0 Å². The predicted molar refractivity (Wildman–Crippen MR) is 105 cm³/mol. The van der Waals surface area contributed by atoms with E-state index in [9.17, 15) is 4.79 Å². The van der Waals surface area contributed by atoms with Crippen molar-refractivity contribution in [1.82, 2.24) is 9.80 Å². The van der Waals surface area contributed by atoms with Crippen LogP contribution >= 0.6 is 0 Å². The molecule has 0 unspecified atom stereocenters. The van der Waals surface area contributed by atoms with E-state index in [1.807, 2.05) is 31.3 Å². The van der Waals surface area contributed by atoms with Crippen LogP contribution in [0.2, 0.25) is 0 Å². The molecule has 0 spiro atoms. The van der Waals surface area contributed by atoms with E-state index < -0.39 is 0 Å². The van der Waals surface area contributed by atoms with Crippen molar-refractivity contribution in [3.8, 4) is 0 Å². The van der Waals surface area contributed by atoms with Gasteiger partial charge in [-0.1, -0.05) is 0 Å². The fourth-order valence-electron chi connectivity index (χ4n) is 3.00. The van der Waals surface area contributed by atoms with Crippen LogP contribution in [0.5, 0.6) is 0 Å². The highest BCUT2D eigenvalue weighted by atomic mass is 16.2. The normalized spacial score (nSPS) is 19.3. The number of anilines is 1. The lowest BCUT2D eigenvalue weighted by molar-refractivity contribution is 0.0827. The summed E-state index contributed by atoms with van der Waals surface area (Å²) in [5, 5.41) is 3.36. The molecule has 25 heavy (non-hydrogen) atoms. The van der Waals surface area contributed by atoms with E-state index >= 15 is 0 Å². The largest absolute Gasteiger partial charge is 0.361 e. The minimum Gasteiger partial charge on any atom is -0.361 e. The summed E-state index contributed by atoms with van der Waals surface area (Å²) in [4.78, 5) is 20.5. The smallest absolute Gasteiger partial charge is 0.253 e. The molecule has 0 aromatic heterocycles. The van der Waals surface area contributed by atoms with Gasteiger partial charge >= 0.3 is 0 Å². The lowest BCUT2D eigenvalue weighted by atomic mass is 10.1. The van der Waals surface area contributed by atoms with Gasteiger partial charge in [0.15, 0.2) is 0 Å². The van der Waals surface area contributed by atoms with E-state index in [1.165, 1.54) is 11.3 Å². The molecule has 1 fully saturated rings. The van der Waals surface area contributed by atoms with Crippen LogP contribution in [0, 0.1) is 0 Å². The molecule has 1 aliphatic heterocycles. The Morgan fingerprint density at radius 1 is 1.20 bits per heavy atom. The van der Waals surface area contributed by atoms with Gasteiger partial charge in [-0.05, 0) is 50.1 Å². The van der Waals surface area contributed by atoms with Crippen LogP contribution < -0.4 is 5.32 Å². The van der Waals surface area contributed by atoms with Crippen molar-refractivity contribution >= 4 is 17.3 Å². The average Bonchev–Trinajstić information content (AvgIpc) is 2.81. The van der Waals surface area contributed by atoms with Crippen LogP contribution in [0.4, 0.5) is 5.69 Å². The number of aliphatic imine (C=N–C) groups is 1. The number of amides is 1. The van der Waals surface area contributed by atoms with E-state index in [0.29, 0.717) is 11.6 Å². The Kier molecular flexibility index (Phi) is 6.76. The molecule has 136 valence electrons. The molecule has 2 rings (SSSR count). The van der Waals surface area contributed by atoms with Crippen molar-refractivity contribution in [2.24, 2.45) is 4.99 Å². The highest BCUT2D eigenvalue weighted by Crippen LogP contribution is 2.18. The Hall–Kier alpha value is -2.14. The highest BCUT2D eigenvalue weighted by Gasteiger charge is 2.18. The first-order chi connectivity index (χ1) is 11.9. The Labute approximate surface area is 151 Å². The third kappa shape index (κ3) is 5.16. The third-order valence-electron chi connectivity index (χ3n) is 4.63. The SMILES string of the molecule is CN=C1CCN(C(C)C)CC/C1=C/Nc1ccc(C(=O)N(C)C)cc1. The molecular weight excluding hydrogens is 312 g/mol. The first kappa shape index (κ1) is 19.2. The number of hydrogen-bond acceptors (Lipinski definition) is 4. The van der Waals surface area contributed by atoms with Crippen LogP contribution in [0.25, 0.3) is 0 Å². The number of rotatable bonds is 4. The molecule has 0 radical (unpaired) electrons. The maximum Gasteiger partial charge on any atom is 0.253 e.